The number of aryl methyl sites for hydroxylation is 1. The van der Waals surface area contributed by atoms with Gasteiger partial charge in [0.15, 0.2) is 0 Å². The molecule has 0 bridgehead atoms. The molecule has 3 rings (SSSR count). The topological polar surface area (TPSA) is 129 Å². The van der Waals surface area contributed by atoms with Crippen LogP contribution in [0.2, 0.25) is 5.02 Å². The summed E-state index contributed by atoms with van der Waals surface area (Å²) < 4.78 is 53.8. The number of hydrogen-bond acceptors (Lipinski definition) is 7. The van der Waals surface area contributed by atoms with E-state index in [2.05, 4.69) is 4.72 Å². The summed E-state index contributed by atoms with van der Waals surface area (Å²) in [6, 6.07) is 11.7. The molecule has 0 fully saturated rings. The van der Waals surface area contributed by atoms with E-state index in [9.17, 15) is 26.9 Å². The number of benzene rings is 2. The van der Waals surface area contributed by atoms with Crippen molar-refractivity contribution in [2.45, 2.75) is 11.8 Å². The third-order valence-electron chi connectivity index (χ3n) is 4.69. The lowest BCUT2D eigenvalue weighted by Crippen LogP contribution is -2.20. The van der Waals surface area contributed by atoms with Crippen molar-refractivity contribution < 1.29 is 21.6 Å². The molecule has 0 saturated carbocycles. The molecule has 0 atom stereocenters. The van der Waals surface area contributed by atoms with Gasteiger partial charge in [0.05, 0.1) is 27.4 Å². The second kappa shape index (κ2) is 9.13. The molecule has 9 nitrogen and oxygen atoms in total. The quantitative estimate of drug-likeness (QED) is 0.287. The number of carbonyl (C=O) groups excluding carboxylic acids is 1. The zero-order valence-electron chi connectivity index (χ0n) is 18.7. The highest BCUT2D eigenvalue weighted by molar-refractivity contribution is 7.92. The summed E-state index contributed by atoms with van der Waals surface area (Å²) in [7, 11) is -4.75. The zero-order chi connectivity index (χ0) is 25.4. The van der Waals surface area contributed by atoms with Gasteiger partial charge in [-0.25, -0.2) is 20.8 Å². The SMILES string of the molecule is Cc1ccc(S(=O)(=O)n2c(C(=O)C(C#N)=CN(C)C)cc3cc(NS(C)(=O)=O)c(Cl)cc32)cc1. The Morgan fingerprint density at radius 1 is 1.12 bits per heavy atom. The molecule has 0 aliphatic carbocycles. The van der Waals surface area contributed by atoms with Crippen LogP contribution in [0.15, 0.2) is 59.1 Å². The lowest BCUT2D eigenvalue weighted by molar-refractivity contribution is 0.103. The van der Waals surface area contributed by atoms with Crippen LogP contribution in [0.1, 0.15) is 16.1 Å². The number of hydrogen-bond donors (Lipinski definition) is 1. The van der Waals surface area contributed by atoms with E-state index in [0.29, 0.717) is 0 Å². The van der Waals surface area contributed by atoms with Gasteiger partial charge >= 0.3 is 0 Å². The lowest BCUT2D eigenvalue weighted by Gasteiger charge is -2.13. The van der Waals surface area contributed by atoms with Crippen LogP contribution in [0.4, 0.5) is 5.69 Å². The summed E-state index contributed by atoms with van der Waals surface area (Å²) in [4.78, 5) is 14.7. The van der Waals surface area contributed by atoms with Gasteiger partial charge < -0.3 is 4.90 Å². The van der Waals surface area contributed by atoms with E-state index in [4.69, 9.17) is 11.6 Å². The van der Waals surface area contributed by atoms with E-state index in [1.165, 1.54) is 41.4 Å². The number of nitrogens with one attached hydrogen (secondary N) is 1. The van der Waals surface area contributed by atoms with Crippen molar-refractivity contribution >= 4 is 54.0 Å². The van der Waals surface area contributed by atoms with E-state index >= 15 is 0 Å². The molecule has 0 radical (unpaired) electrons. The number of sulfonamides is 1. The lowest BCUT2D eigenvalue weighted by atomic mass is 10.1. The number of nitriles is 1. The maximum Gasteiger partial charge on any atom is 0.268 e. The summed E-state index contributed by atoms with van der Waals surface area (Å²) in [5.41, 5.74) is 0.333. The van der Waals surface area contributed by atoms with Crippen LogP contribution < -0.4 is 4.72 Å². The fraction of sp³-hybridized carbons (Fsp3) is 0.182. The van der Waals surface area contributed by atoms with Crippen LogP contribution in [0.5, 0.6) is 0 Å². The van der Waals surface area contributed by atoms with Crippen LogP contribution >= 0.6 is 11.6 Å². The molecule has 3 aromatic rings. The number of Topliss-reactive ketones (excluding diaryl/α,β-unsaturated/α-hetero) is 1. The number of anilines is 1. The van der Waals surface area contributed by atoms with Crippen LogP contribution in [0.25, 0.3) is 10.9 Å². The molecule has 1 aromatic heterocycles. The van der Waals surface area contributed by atoms with Crippen LogP contribution in [0.3, 0.4) is 0 Å². The number of halogens is 1. The molecule has 1 N–H and O–H groups in total. The number of aromatic nitrogens is 1. The highest BCUT2D eigenvalue weighted by Gasteiger charge is 2.29. The maximum atomic E-state index is 13.6. The number of rotatable bonds is 7. The van der Waals surface area contributed by atoms with Gasteiger partial charge in [-0.05, 0) is 37.3 Å². The van der Waals surface area contributed by atoms with Gasteiger partial charge in [-0.3, -0.25) is 9.52 Å². The van der Waals surface area contributed by atoms with Crippen molar-refractivity contribution in [3.05, 3.63) is 70.5 Å². The van der Waals surface area contributed by atoms with Crippen molar-refractivity contribution in [1.82, 2.24) is 8.87 Å². The Labute approximate surface area is 203 Å². The summed E-state index contributed by atoms with van der Waals surface area (Å²) in [6.45, 7) is 1.80. The van der Waals surface area contributed by atoms with Crippen molar-refractivity contribution in [2.24, 2.45) is 0 Å². The fourth-order valence-electron chi connectivity index (χ4n) is 3.25. The Balaban J connectivity index is 2.39. The Kier molecular flexibility index (Phi) is 6.80. The first kappa shape index (κ1) is 25.3. The third-order valence-corrected chi connectivity index (χ3v) is 7.33. The molecule has 0 saturated heterocycles. The Hall–Kier alpha value is -3.33. The van der Waals surface area contributed by atoms with Gasteiger partial charge in [-0.2, -0.15) is 5.26 Å². The molecular formula is C22H21ClN4O5S2. The first-order valence-electron chi connectivity index (χ1n) is 9.72. The molecule has 0 amide bonds. The number of ketones is 1. The van der Waals surface area contributed by atoms with Crippen LogP contribution in [-0.2, 0) is 20.0 Å². The van der Waals surface area contributed by atoms with E-state index in [0.717, 1.165) is 15.8 Å². The van der Waals surface area contributed by atoms with Gasteiger partial charge in [-0.1, -0.05) is 29.3 Å². The molecule has 34 heavy (non-hydrogen) atoms. The summed E-state index contributed by atoms with van der Waals surface area (Å²) in [5, 5.41) is 9.68. The third kappa shape index (κ3) is 5.09. The Morgan fingerprint density at radius 3 is 2.26 bits per heavy atom. The molecule has 0 aliphatic rings. The molecule has 0 unspecified atom stereocenters. The molecule has 0 spiro atoms. The second-order valence-corrected chi connectivity index (χ2v) is 11.8. The number of fused-ring (bicyclic) bond motifs is 1. The van der Waals surface area contributed by atoms with E-state index in [-0.39, 0.29) is 37.8 Å². The van der Waals surface area contributed by atoms with Crippen molar-refractivity contribution in [3.8, 4) is 6.07 Å². The maximum absolute atomic E-state index is 13.6. The van der Waals surface area contributed by atoms with Gasteiger partial charge in [0.2, 0.25) is 15.8 Å². The molecule has 12 heteroatoms. The minimum Gasteiger partial charge on any atom is -0.382 e. The minimum atomic E-state index is -4.30. The molecular weight excluding hydrogens is 500 g/mol. The summed E-state index contributed by atoms with van der Waals surface area (Å²) in [6.07, 6.45) is 2.23. The molecule has 178 valence electrons. The summed E-state index contributed by atoms with van der Waals surface area (Å²) in [5.74, 6) is -0.822. The highest BCUT2D eigenvalue weighted by atomic mass is 35.5. The molecule has 0 aliphatic heterocycles. The van der Waals surface area contributed by atoms with Crippen LogP contribution in [0, 0.1) is 18.3 Å². The van der Waals surface area contributed by atoms with Crippen LogP contribution in [-0.4, -0.2) is 51.8 Å². The average molecular weight is 521 g/mol. The van der Waals surface area contributed by atoms with Gasteiger partial charge in [-0.15, -0.1) is 0 Å². The first-order chi connectivity index (χ1) is 15.7. The summed E-state index contributed by atoms with van der Waals surface area (Å²) >= 11 is 6.26. The molecule has 2 aromatic carbocycles. The standard InChI is InChI=1S/C22H21ClN4O5S2/c1-14-5-7-17(8-6-14)34(31,32)27-20-11-18(23)19(25-33(4,29)30)9-15(20)10-21(27)22(28)16(12-24)13-26(2)3/h5-11,13,25H,1-4H3. The number of carbonyl (C=O) groups is 1. The predicted octanol–water partition coefficient (Wildman–Crippen LogP) is 3.36. The fourth-order valence-corrected chi connectivity index (χ4v) is 5.58. The van der Waals surface area contributed by atoms with Gasteiger partial charge in [0.1, 0.15) is 17.3 Å². The Morgan fingerprint density at radius 2 is 1.74 bits per heavy atom. The van der Waals surface area contributed by atoms with E-state index in [1.807, 2.05) is 0 Å². The van der Waals surface area contributed by atoms with Crippen molar-refractivity contribution in [3.63, 3.8) is 0 Å². The first-order valence-corrected chi connectivity index (χ1v) is 13.4. The smallest absolute Gasteiger partial charge is 0.268 e. The second-order valence-electron chi connectivity index (χ2n) is 7.82. The highest BCUT2D eigenvalue weighted by Crippen LogP contribution is 2.34. The van der Waals surface area contributed by atoms with Gasteiger partial charge in [0.25, 0.3) is 10.0 Å². The normalized spacial score (nSPS) is 12.4. The monoisotopic (exact) mass is 520 g/mol. The Bertz CT molecular complexity index is 1580. The minimum absolute atomic E-state index is 0.0184. The van der Waals surface area contributed by atoms with E-state index in [1.54, 1.807) is 39.2 Å². The average Bonchev–Trinajstić information content (AvgIpc) is 3.09. The van der Waals surface area contributed by atoms with Gasteiger partial charge in [0, 0.05) is 25.7 Å². The predicted molar refractivity (Wildman–Crippen MR) is 131 cm³/mol. The van der Waals surface area contributed by atoms with Crippen molar-refractivity contribution in [2.75, 3.05) is 25.1 Å². The largest absolute Gasteiger partial charge is 0.382 e. The van der Waals surface area contributed by atoms with E-state index < -0.39 is 25.8 Å². The zero-order valence-corrected chi connectivity index (χ0v) is 21.1. The number of nitrogens with zero attached hydrogens (tertiary/aromatic N) is 3. The molecule has 1 heterocycles. The van der Waals surface area contributed by atoms with Crippen molar-refractivity contribution in [1.29, 1.82) is 5.26 Å². The number of allylic oxidation sites excluding steroid dienone is 1.